The van der Waals surface area contributed by atoms with Crippen LogP contribution in [0.15, 0.2) is 23.6 Å². The lowest BCUT2D eigenvalue weighted by Gasteiger charge is -2.32. The molecule has 2 aromatic heterocycles. The molecular weight excluding hydrogens is 392 g/mol. The summed E-state index contributed by atoms with van der Waals surface area (Å²) in [5.74, 6) is 0.0996. The van der Waals surface area contributed by atoms with Crippen molar-refractivity contribution in [1.82, 2.24) is 4.98 Å². The van der Waals surface area contributed by atoms with Gasteiger partial charge in [-0.25, -0.2) is 0 Å². The molecule has 1 unspecified atom stereocenters. The van der Waals surface area contributed by atoms with E-state index in [1.165, 1.54) is 10.4 Å². The molecule has 7 heteroatoms. The predicted octanol–water partition coefficient (Wildman–Crippen LogP) is 5.14. The van der Waals surface area contributed by atoms with E-state index in [-0.39, 0.29) is 5.92 Å². The maximum atomic E-state index is 9.43. The van der Waals surface area contributed by atoms with E-state index in [2.05, 4.69) is 57.4 Å². The second kappa shape index (κ2) is 8.41. The third-order valence-corrected chi connectivity index (χ3v) is 6.80. The molecule has 4 rings (SSSR count). The van der Waals surface area contributed by atoms with Crippen molar-refractivity contribution in [2.75, 3.05) is 55.1 Å². The van der Waals surface area contributed by atoms with Crippen LogP contribution in [0.4, 0.5) is 22.7 Å². The Balaban J connectivity index is 1.89. The van der Waals surface area contributed by atoms with Crippen LogP contribution < -0.4 is 20.9 Å². The quantitative estimate of drug-likeness (QED) is 0.531. The lowest BCUT2D eigenvalue weighted by molar-refractivity contribution is 0.494. The summed E-state index contributed by atoms with van der Waals surface area (Å²) in [4.78, 5) is 7.32. The van der Waals surface area contributed by atoms with Gasteiger partial charge in [0.1, 0.15) is 0 Å². The van der Waals surface area contributed by atoms with Gasteiger partial charge in [0.15, 0.2) is 0 Å². The Kier molecular flexibility index (Phi) is 5.69. The number of hydrogen-bond donors (Lipinski definition) is 3. The molecular formula is C23H28N6S. The van der Waals surface area contributed by atoms with Gasteiger partial charge in [-0.3, -0.25) is 4.98 Å². The van der Waals surface area contributed by atoms with Crippen LogP contribution in [0.1, 0.15) is 18.5 Å². The number of hydrogen-bond acceptors (Lipinski definition) is 7. The molecule has 1 fully saturated rings. The summed E-state index contributed by atoms with van der Waals surface area (Å²) in [5.41, 5.74) is 8.65. The summed E-state index contributed by atoms with van der Waals surface area (Å²) in [6, 6.07) is 8.88. The molecule has 3 aromatic rings. The first-order chi connectivity index (χ1) is 14.6. The van der Waals surface area contributed by atoms with E-state index in [1.807, 2.05) is 21.1 Å². The molecule has 3 heterocycles. The summed E-state index contributed by atoms with van der Waals surface area (Å²) in [6.45, 7) is 3.84. The van der Waals surface area contributed by atoms with Gasteiger partial charge in [0.2, 0.25) is 0 Å². The molecule has 3 N–H and O–H groups in total. The van der Waals surface area contributed by atoms with Gasteiger partial charge in [-0.2, -0.15) is 5.26 Å². The first-order valence-electron chi connectivity index (χ1n) is 10.3. The summed E-state index contributed by atoms with van der Waals surface area (Å²) < 4.78 is 1.19. The van der Waals surface area contributed by atoms with E-state index in [9.17, 15) is 5.26 Å². The monoisotopic (exact) mass is 420 g/mol. The number of nitriles is 1. The Hall–Kier alpha value is -2.98. The fourth-order valence-corrected chi connectivity index (χ4v) is 5.34. The zero-order valence-electron chi connectivity index (χ0n) is 18.0. The average molecular weight is 421 g/mol. The van der Waals surface area contributed by atoms with Gasteiger partial charge in [-0.1, -0.05) is 0 Å². The maximum absolute atomic E-state index is 9.43. The standard InChI is InChI=1S/C23H28N6S/c1-14-8-20(29-7-5-6-15(11-24)12-29)23-22(28-14)17(13-30-23)21-18(26-3)9-16(25-2)10-19(21)27-4/h8-10,13,15,25-27H,5-7,12H2,1-4H3. The van der Waals surface area contributed by atoms with E-state index >= 15 is 0 Å². The Morgan fingerprint density at radius 3 is 2.50 bits per heavy atom. The molecule has 30 heavy (non-hydrogen) atoms. The second-order valence-electron chi connectivity index (χ2n) is 7.72. The molecule has 0 saturated carbocycles. The van der Waals surface area contributed by atoms with Crippen molar-refractivity contribution in [3.05, 3.63) is 29.3 Å². The smallest absolute Gasteiger partial charge is 0.0913 e. The molecule has 1 saturated heterocycles. The van der Waals surface area contributed by atoms with Crippen molar-refractivity contribution in [2.24, 2.45) is 5.92 Å². The zero-order chi connectivity index (χ0) is 21.3. The normalized spacial score (nSPS) is 16.4. The summed E-state index contributed by atoms with van der Waals surface area (Å²) in [7, 11) is 5.83. The van der Waals surface area contributed by atoms with Crippen LogP contribution in [0.2, 0.25) is 0 Å². The summed E-state index contributed by atoms with van der Waals surface area (Å²) in [6.07, 6.45) is 2.05. The highest BCUT2D eigenvalue weighted by Gasteiger charge is 2.24. The van der Waals surface area contributed by atoms with Crippen LogP contribution >= 0.6 is 11.3 Å². The van der Waals surface area contributed by atoms with E-state index in [0.717, 1.165) is 65.3 Å². The average Bonchev–Trinajstić information content (AvgIpc) is 3.20. The number of anilines is 4. The molecule has 0 amide bonds. The third-order valence-electron chi connectivity index (χ3n) is 5.81. The number of nitrogens with one attached hydrogen (secondary N) is 3. The number of aryl methyl sites for hydroxylation is 1. The summed E-state index contributed by atoms with van der Waals surface area (Å²) in [5, 5.41) is 21.6. The Morgan fingerprint density at radius 2 is 1.87 bits per heavy atom. The number of thiophene rings is 1. The van der Waals surface area contributed by atoms with Crippen LogP contribution in [0.25, 0.3) is 21.3 Å². The van der Waals surface area contributed by atoms with Crippen molar-refractivity contribution in [2.45, 2.75) is 19.8 Å². The van der Waals surface area contributed by atoms with Crippen molar-refractivity contribution < 1.29 is 0 Å². The van der Waals surface area contributed by atoms with E-state index in [4.69, 9.17) is 4.98 Å². The maximum Gasteiger partial charge on any atom is 0.0913 e. The molecule has 0 bridgehead atoms. The van der Waals surface area contributed by atoms with Gasteiger partial charge in [-0.15, -0.1) is 11.3 Å². The van der Waals surface area contributed by atoms with Gasteiger partial charge >= 0.3 is 0 Å². The first-order valence-corrected chi connectivity index (χ1v) is 11.2. The molecule has 1 aliphatic rings. The largest absolute Gasteiger partial charge is 0.388 e. The lowest BCUT2D eigenvalue weighted by Crippen LogP contribution is -2.34. The molecule has 6 nitrogen and oxygen atoms in total. The lowest BCUT2D eigenvalue weighted by atomic mass is 9.98. The molecule has 1 aromatic carbocycles. The molecule has 1 atom stereocenters. The van der Waals surface area contributed by atoms with Crippen molar-refractivity contribution in [3.8, 4) is 17.2 Å². The summed E-state index contributed by atoms with van der Waals surface area (Å²) >= 11 is 1.74. The highest BCUT2D eigenvalue weighted by molar-refractivity contribution is 7.18. The number of rotatable bonds is 5. The van der Waals surface area contributed by atoms with E-state index in [1.54, 1.807) is 11.3 Å². The third kappa shape index (κ3) is 3.52. The predicted molar refractivity (Wildman–Crippen MR) is 129 cm³/mol. The van der Waals surface area contributed by atoms with Gasteiger partial charge in [0, 0.05) is 73.5 Å². The van der Waals surface area contributed by atoms with Crippen LogP contribution in [0.5, 0.6) is 0 Å². The fourth-order valence-electron chi connectivity index (χ4n) is 4.30. The fraction of sp³-hybridized carbons (Fsp3) is 0.391. The minimum Gasteiger partial charge on any atom is -0.388 e. The number of aromatic nitrogens is 1. The molecule has 0 spiro atoms. The first kappa shape index (κ1) is 20.3. The number of fused-ring (bicyclic) bond motifs is 1. The second-order valence-corrected chi connectivity index (χ2v) is 8.60. The van der Waals surface area contributed by atoms with Crippen LogP contribution in [0, 0.1) is 24.2 Å². The van der Waals surface area contributed by atoms with Crippen LogP contribution in [-0.4, -0.2) is 39.2 Å². The van der Waals surface area contributed by atoms with Gasteiger partial charge in [0.05, 0.1) is 27.9 Å². The Bertz CT molecular complexity index is 1090. The highest BCUT2D eigenvalue weighted by atomic mass is 32.1. The molecule has 0 aliphatic carbocycles. The van der Waals surface area contributed by atoms with Crippen molar-refractivity contribution in [3.63, 3.8) is 0 Å². The minimum atomic E-state index is 0.0996. The van der Waals surface area contributed by atoms with Crippen LogP contribution in [-0.2, 0) is 0 Å². The SMILES string of the molecule is CNc1cc(NC)c(-c2csc3c(N4CCCC(C#N)C4)cc(C)nc23)c(NC)c1. The minimum absolute atomic E-state index is 0.0996. The van der Waals surface area contributed by atoms with Gasteiger partial charge < -0.3 is 20.9 Å². The van der Waals surface area contributed by atoms with E-state index in [0.29, 0.717) is 0 Å². The molecule has 1 aliphatic heterocycles. The van der Waals surface area contributed by atoms with Crippen molar-refractivity contribution >= 4 is 44.3 Å². The zero-order valence-corrected chi connectivity index (χ0v) is 18.8. The Morgan fingerprint density at radius 1 is 1.13 bits per heavy atom. The Labute approximate surface area is 181 Å². The number of nitrogens with zero attached hydrogens (tertiary/aromatic N) is 3. The van der Waals surface area contributed by atoms with Crippen LogP contribution in [0.3, 0.4) is 0 Å². The number of piperidine rings is 1. The van der Waals surface area contributed by atoms with E-state index < -0.39 is 0 Å². The topological polar surface area (TPSA) is 76.0 Å². The van der Waals surface area contributed by atoms with Crippen molar-refractivity contribution in [1.29, 1.82) is 5.26 Å². The number of pyridine rings is 1. The van der Waals surface area contributed by atoms with Gasteiger partial charge in [-0.05, 0) is 38.0 Å². The van der Waals surface area contributed by atoms with Gasteiger partial charge in [0.25, 0.3) is 0 Å². The number of benzene rings is 1. The highest BCUT2D eigenvalue weighted by Crippen LogP contribution is 2.45. The molecule has 156 valence electrons. The molecule has 0 radical (unpaired) electrons.